The molecule has 0 aliphatic carbocycles. The van der Waals surface area contributed by atoms with E-state index in [1.165, 1.54) is 10.4 Å². The molecule has 0 atom stereocenters. The zero-order valence-electron chi connectivity index (χ0n) is 6.62. The van der Waals surface area contributed by atoms with E-state index in [-0.39, 0.29) is 12.6 Å². The standard InChI is InChI=1S/C7H13NO2S/c1-3-5-10-6-8(11)7(9)4-2/h4,11H,2-3,5-6H2,1H3. The highest BCUT2D eigenvalue weighted by Crippen LogP contribution is 1.95. The Bertz CT molecular complexity index is 138. The zero-order valence-corrected chi connectivity index (χ0v) is 7.51. The molecule has 0 unspecified atom stereocenters. The largest absolute Gasteiger partial charge is 0.360 e. The molecule has 0 saturated carbocycles. The molecule has 4 heteroatoms. The Hall–Kier alpha value is -0.480. The van der Waals surface area contributed by atoms with Crippen LogP contribution in [0.5, 0.6) is 0 Å². The number of amides is 1. The first-order valence-corrected chi connectivity index (χ1v) is 3.83. The summed E-state index contributed by atoms with van der Waals surface area (Å²) in [7, 11) is 0. The summed E-state index contributed by atoms with van der Waals surface area (Å²) in [5, 5.41) is 0. The Morgan fingerprint density at radius 2 is 2.45 bits per heavy atom. The molecule has 11 heavy (non-hydrogen) atoms. The van der Waals surface area contributed by atoms with Crippen molar-refractivity contribution < 1.29 is 9.53 Å². The first-order chi connectivity index (χ1) is 5.22. The van der Waals surface area contributed by atoms with Crippen molar-refractivity contribution in [2.45, 2.75) is 13.3 Å². The van der Waals surface area contributed by atoms with Crippen LogP contribution in [0.1, 0.15) is 13.3 Å². The first kappa shape index (κ1) is 10.5. The maximum atomic E-state index is 10.8. The number of ether oxygens (including phenoxy) is 1. The molecule has 1 amide bonds. The molecule has 0 aromatic carbocycles. The van der Waals surface area contributed by atoms with Crippen LogP contribution in [0, 0.1) is 0 Å². The normalized spacial score (nSPS) is 9.27. The highest BCUT2D eigenvalue weighted by molar-refractivity contribution is 7.78. The summed E-state index contributed by atoms with van der Waals surface area (Å²) in [5.74, 6) is -0.246. The summed E-state index contributed by atoms with van der Waals surface area (Å²) >= 11 is 3.87. The molecule has 0 bridgehead atoms. The van der Waals surface area contributed by atoms with Crippen LogP contribution in [-0.2, 0) is 9.53 Å². The Balaban J connectivity index is 3.43. The molecular formula is C7H13NO2S. The third kappa shape index (κ3) is 4.86. The molecule has 0 N–H and O–H groups in total. The smallest absolute Gasteiger partial charge is 0.257 e. The highest BCUT2D eigenvalue weighted by Gasteiger charge is 2.02. The van der Waals surface area contributed by atoms with Crippen LogP contribution < -0.4 is 0 Å². The van der Waals surface area contributed by atoms with E-state index < -0.39 is 0 Å². The van der Waals surface area contributed by atoms with E-state index in [0.717, 1.165) is 6.42 Å². The molecule has 0 aliphatic rings. The van der Waals surface area contributed by atoms with E-state index in [4.69, 9.17) is 4.74 Å². The molecule has 0 spiro atoms. The number of thiol groups is 1. The lowest BCUT2D eigenvalue weighted by Gasteiger charge is -2.12. The van der Waals surface area contributed by atoms with Gasteiger partial charge in [-0.3, -0.25) is 9.10 Å². The molecule has 3 nitrogen and oxygen atoms in total. The Kier molecular flexibility index (Phi) is 5.97. The van der Waals surface area contributed by atoms with Crippen LogP contribution in [0.15, 0.2) is 12.7 Å². The second kappa shape index (κ2) is 6.24. The molecule has 0 rings (SSSR count). The van der Waals surface area contributed by atoms with E-state index in [0.29, 0.717) is 6.61 Å². The Morgan fingerprint density at radius 3 is 2.91 bits per heavy atom. The van der Waals surface area contributed by atoms with Crippen molar-refractivity contribution in [3.05, 3.63) is 12.7 Å². The fraction of sp³-hybridized carbons (Fsp3) is 0.571. The van der Waals surface area contributed by atoms with Crippen LogP contribution in [0.4, 0.5) is 0 Å². The summed E-state index contributed by atoms with van der Waals surface area (Å²) in [6.45, 7) is 6.16. The van der Waals surface area contributed by atoms with Crippen LogP contribution in [0.3, 0.4) is 0 Å². The van der Waals surface area contributed by atoms with Crippen molar-refractivity contribution in [1.29, 1.82) is 0 Å². The van der Waals surface area contributed by atoms with Crippen molar-refractivity contribution in [3.8, 4) is 0 Å². The molecule has 0 fully saturated rings. The SMILES string of the molecule is C=CC(=O)N(S)COCCC. The Labute approximate surface area is 72.6 Å². The van der Waals surface area contributed by atoms with Crippen LogP contribution in [-0.4, -0.2) is 23.6 Å². The zero-order chi connectivity index (χ0) is 8.69. The fourth-order valence-electron chi connectivity index (χ4n) is 0.464. The topological polar surface area (TPSA) is 29.5 Å². The van der Waals surface area contributed by atoms with Crippen molar-refractivity contribution in [3.63, 3.8) is 0 Å². The van der Waals surface area contributed by atoms with Gasteiger partial charge in [-0.05, 0) is 12.5 Å². The minimum Gasteiger partial charge on any atom is -0.360 e. The van der Waals surface area contributed by atoms with Crippen molar-refractivity contribution in [1.82, 2.24) is 4.31 Å². The number of hydrogen-bond acceptors (Lipinski definition) is 3. The average Bonchev–Trinajstić information content (AvgIpc) is 2.03. The molecule has 64 valence electrons. The highest BCUT2D eigenvalue weighted by atomic mass is 32.1. The van der Waals surface area contributed by atoms with Crippen molar-refractivity contribution in [2.75, 3.05) is 13.3 Å². The van der Waals surface area contributed by atoms with Gasteiger partial charge in [0.15, 0.2) is 0 Å². The van der Waals surface area contributed by atoms with E-state index in [1.54, 1.807) is 0 Å². The predicted octanol–water partition coefficient (Wildman–Crippen LogP) is 1.23. The number of rotatable bonds is 5. The minimum atomic E-state index is -0.246. The predicted molar refractivity (Wildman–Crippen MR) is 47.1 cm³/mol. The molecule has 0 radical (unpaired) electrons. The van der Waals surface area contributed by atoms with Gasteiger partial charge >= 0.3 is 0 Å². The number of carbonyl (C=O) groups excluding carboxylic acids is 1. The van der Waals surface area contributed by atoms with Crippen molar-refractivity contribution >= 4 is 18.7 Å². The maximum absolute atomic E-state index is 10.8. The van der Waals surface area contributed by atoms with Crippen molar-refractivity contribution in [2.24, 2.45) is 0 Å². The monoisotopic (exact) mass is 175 g/mol. The van der Waals surface area contributed by atoms with Crippen LogP contribution >= 0.6 is 12.8 Å². The fourth-order valence-corrected chi connectivity index (χ4v) is 0.628. The van der Waals surface area contributed by atoms with Gasteiger partial charge in [0.05, 0.1) is 0 Å². The number of carbonyl (C=O) groups is 1. The lowest BCUT2D eigenvalue weighted by Crippen LogP contribution is -2.22. The van der Waals surface area contributed by atoms with Gasteiger partial charge in [0.1, 0.15) is 6.73 Å². The number of nitrogens with zero attached hydrogens (tertiary/aromatic N) is 1. The first-order valence-electron chi connectivity index (χ1n) is 3.43. The lowest BCUT2D eigenvalue weighted by molar-refractivity contribution is -0.124. The minimum absolute atomic E-state index is 0.210. The lowest BCUT2D eigenvalue weighted by atomic mass is 10.5. The van der Waals surface area contributed by atoms with Gasteiger partial charge in [-0.25, -0.2) is 0 Å². The summed E-state index contributed by atoms with van der Waals surface area (Å²) in [4.78, 5) is 10.8. The van der Waals surface area contributed by atoms with Gasteiger partial charge in [-0.15, -0.1) is 0 Å². The van der Waals surface area contributed by atoms with Crippen LogP contribution in [0.2, 0.25) is 0 Å². The second-order valence-electron chi connectivity index (χ2n) is 1.98. The molecule has 0 aromatic rings. The molecule has 0 aromatic heterocycles. The van der Waals surface area contributed by atoms with E-state index >= 15 is 0 Å². The quantitative estimate of drug-likeness (QED) is 0.295. The summed E-state index contributed by atoms with van der Waals surface area (Å²) in [6.07, 6.45) is 2.13. The van der Waals surface area contributed by atoms with Crippen LogP contribution in [0.25, 0.3) is 0 Å². The molecule has 0 saturated heterocycles. The summed E-state index contributed by atoms with van der Waals surface area (Å²) in [6, 6.07) is 0. The summed E-state index contributed by atoms with van der Waals surface area (Å²) < 4.78 is 6.22. The molecule has 0 aliphatic heterocycles. The maximum Gasteiger partial charge on any atom is 0.257 e. The van der Waals surface area contributed by atoms with Gasteiger partial charge in [-0.1, -0.05) is 26.3 Å². The Morgan fingerprint density at radius 1 is 1.82 bits per heavy atom. The third-order valence-corrected chi connectivity index (χ3v) is 1.30. The average molecular weight is 175 g/mol. The van der Waals surface area contributed by atoms with E-state index in [9.17, 15) is 4.79 Å². The third-order valence-electron chi connectivity index (χ3n) is 0.991. The molecule has 0 heterocycles. The second-order valence-corrected chi connectivity index (χ2v) is 2.46. The van der Waals surface area contributed by atoms with Gasteiger partial charge < -0.3 is 4.74 Å². The van der Waals surface area contributed by atoms with E-state index in [2.05, 4.69) is 19.4 Å². The van der Waals surface area contributed by atoms with Gasteiger partial charge in [-0.2, -0.15) is 0 Å². The van der Waals surface area contributed by atoms with Gasteiger partial charge in [0.25, 0.3) is 5.91 Å². The van der Waals surface area contributed by atoms with Gasteiger partial charge in [0, 0.05) is 6.61 Å². The number of hydrogen-bond donors (Lipinski definition) is 1. The molecular weight excluding hydrogens is 162 g/mol. The van der Waals surface area contributed by atoms with E-state index in [1.807, 2.05) is 6.92 Å². The summed E-state index contributed by atoms with van der Waals surface area (Å²) in [5.41, 5.74) is 0. The van der Waals surface area contributed by atoms with Gasteiger partial charge in [0.2, 0.25) is 0 Å².